The zero-order valence-electron chi connectivity index (χ0n) is 15.3. The Balaban J connectivity index is 0.00000210. The lowest BCUT2D eigenvalue weighted by molar-refractivity contribution is 0.383. The summed E-state index contributed by atoms with van der Waals surface area (Å²) in [6.07, 6.45) is 3.29. The molecule has 3 heteroatoms. The van der Waals surface area contributed by atoms with Gasteiger partial charge in [0.25, 0.3) is 0 Å². The molecule has 0 saturated heterocycles. The first-order valence-corrected chi connectivity index (χ1v) is 9.39. The van der Waals surface area contributed by atoms with E-state index in [1.165, 1.54) is 28.8 Å². The molecule has 0 aromatic heterocycles. The van der Waals surface area contributed by atoms with E-state index in [0.29, 0.717) is 12.0 Å². The average molecular weight is 426 g/mol. The van der Waals surface area contributed by atoms with E-state index in [2.05, 4.69) is 59.9 Å². The van der Waals surface area contributed by atoms with Crippen LogP contribution in [0, 0.1) is 5.82 Å². The first kappa shape index (κ1) is 19.8. The molecule has 0 amide bonds. The molecular weight excluding hydrogens is 401 g/mol. The van der Waals surface area contributed by atoms with Crippen molar-refractivity contribution in [2.75, 3.05) is 0 Å². The zero-order valence-corrected chi connectivity index (χ0v) is 17.0. The monoisotopic (exact) mass is 425 g/mol. The largest absolute Gasteiger partial charge is 0.309 e. The van der Waals surface area contributed by atoms with Crippen LogP contribution in [0.5, 0.6) is 0 Å². The van der Waals surface area contributed by atoms with Crippen LogP contribution in [-0.2, 0) is 19.4 Å². The minimum Gasteiger partial charge on any atom is -0.309 e. The lowest BCUT2D eigenvalue weighted by Gasteiger charge is -2.35. The number of hydrogen-bond donors (Lipinski definition) is 1. The molecule has 3 aromatic rings. The van der Waals surface area contributed by atoms with Crippen molar-refractivity contribution >= 4 is 17.0 Å². The summed E-state index contributed by atoms with van der Waals surface area (Å²) in [7, 11) is 0. The summed E-state index contributed by atoms with van der Waals surface area (Å²) in [5.74, 6) is 0.282. The Labute approximate surface area is 171 Å². The van der Waals surface area contributed by atoms with E-state index in [9.17, 15) is 4.39 Å². The van der Waals surface area contributed by atoms with Crippen LogP contribution in [0.1, 0.15) is 34.6 Å². The number of benzene rings is 3. The molecule has 2 atom stereocenters. The van der Waals surface area contributed by atoms with E-state index >= 15 is 0 Å². The van der Waals surface area contributed by atoms with E-state index in [1.807, 2.05) is 12.1 Å². The molecule has 140 valence electrons. The van der Waals surface area contributed by atoms with Gasteiger partial charge in [0.05, 0.1) is 0 Å². The van der Waals surface area contributed by atoms with Crippen molar-refractivity contribution in [3.63, 3.8) is 0 Å². The third kappa shape index (κ3) is 4.85. The highest BCUT2D eigenvalue weighted by atomic mass is 79.9. The average Bonchev–Trinajstić information content (AvgIpc) is 2.69. The van der Waals surface area contributed by atoms with Gasteiger partial charge >= 0.3 is 0 Å². The van der Waals surface area contributed by atoms with Gasteiger partial charge in [0, 0.05) is 18.5 Å². The fourth-order valence-corrected chi connectivity index (χ4v) is 4.07. The van der Waals surface area contributed by atoms with Gasteiger partial charge in [0.1, 0.15) is 5.82 Å². The van der Waals surface area contributed by atoms with Crippen molar-refractivity contribution in [3.05, 3.63) is 107 Å². The van der Waals surface area contributed by atoms with Gasteiger partial charge in [-0.15, -0.1) is 17.0 Å². The molecule has 3 aromatic carbocycles. The topological polar surface area (TPSA) is 12.0 Å². The molecule has 0 unspecified atom stereocenters. The Morgan fingerprint density at radius 1 is 0.815 bits per heavy atom. The third-order valence-corrected chi connectivity index (χ3v) is 5.45. The first-order valence-electron chi connectivity index (χ1n) is 9.39. The minimum atomic E-state index is -0.178. The van der Waals surface area contributed by atoms with E-state index in [1.54, 1.807) is 0 Å². The van der Waals surface area contributed by atoms with Gasteiger partial charge in [-0.2, -0.15) is 0 Å². The maximum Gasteiger partial charge on any atom is 0.123 e. The van der Waals surface area contributed by atoms with Crippen LogP contribution < -0.4 is 5.32 Å². The summed E-state index contributed by atoms with van der Waals surface area (Å²) in [5, 5.41) is 3.75. The highest BCUT2D eigenvalue weighted by Crippen LogP contribution is 2.34. The summed E-state index contributed by atoms with van der Waals surface area (Å²) < 4.78 is 13.1. The van der Waals surface area contributed by atoms with Crippen LogP contribution in [-0.4, -0.2) is 6.04 Å². The SMILES string of the molecule is Br.Fc1ccc(CN[C@H]2CCc3ccccc3[C@H]2Cc2ccccc2)cc1. The summed E-state index contributed by atoms with van der Waals surface area (Å²) in [5.41, 5.74) is 5.46. The second-order valence-corrected chi connectivity index (χ2v) is 7.15. The van der Waals surface area contributed by atoms with Gasteiger partial charge in [-0.1, -0.05) is 66.7 Å². The van der Waals surface area contributed by atoms with Gasteiger partial charge in [-0.25, -0.2) is 4.39 Å². The molecule has 0 heterocycles. The van der Waals surface area contributed by atoms with E-state index in [0.717, 1.165) is 31.4 Å². The maximum absolute atomic E-state index is 13.1. The van der Waals surface area contributed by atoms with E-state index < -0.39 is 0 Å². The van der Waals surface area contributed by atoms with E-state index in [-0.39, 0.29) is 22.8 Å². The quantitative estimate of drug-likeness (QED) is 0.541. The lowest BCUT2D eigenvalue weighted by atomic mass is 9.76. The van der Waals surface area contributed by atoms with Crippen LogP contribution in [0.25, 0.3) is 0 Å². The Morgan fingerprint density at radius 3 is 2.30 bits per heavy atom. The Kier molecular flexibility index (Phi) is 6.81. The molecule has 0 bridgehead atoms. The molecule has 27 heavy (non-hydrogen) atoms. The zero-order chi connectivity index (χ0) is 17.8. The van der Waals surface area contributed by atoms with Gasteiger partial charge in [0.2, 0.25) is 0 Å². The fourth-order valence-electron chi connectivity index (χ4n) is 4.07. The molecule has 0 aliphatic heterocycles. The van der Waals surface area contributed by atoms with Crippen molar-refractivity contribution in [1.82, 2.24) is 5.32 Å². The molecule has 0 fully saturated rings. The second kappa shape index (κ2) is 9.29. The van der Waals surface area contributed by atoms with Gasteiger partial charge < -0.3 is 5.32 Å². The van der Waals surface area contributed by atoms with Crippen LogP contribution in [0.3, 0.4) is 0 Å². The fraction of sp³-hybridized carbons (Fsp3) is 0.250. The molecule has 0 radical (unpaired) electrons. The normalized spacial score (nSPS) is 18.4. The summed E-state index contributed by atoms with van der Waals surface area (Å²) >= 11 is 0. The minimum absolute atomic E-state index is 0. The number of aryl methyl sites for hydroxylation is 1. The maximum atomic E-state index is 13.1. The second-order valence-electron chi connectivity index (χ2n) is 7.15. The van der Waals surface area contributed by atoms with Gasteiger partial charge in [-0.05, 0) is 53.6 Å². The number of halogens is 2. The number of rotatable bonds is 5. The smallest absolute Gasteiger partial charge is 0.123 e. The van der Waals surface area contributed by atoms with Gasteiger partial charge in [0.15, 0.2) is 0 Å². The molecule has 1 N–H and O–H groups in total. The van der Waals surface area contributed by atoms with Crippen molar-refractivity contribution in [2.45, 2.75) is 37.8 Å². The molecule has 1 aliphatic rings. The van der Waals surface area contributed by atoms with Crippen molar-refractivity contribution in [2.24, 2.45) is 0 Å². The number of fused-ring (bicyclic) bond motifs is 1. The van der Waals surface area contributed by atoms with Gasteiger partial charge in [-0.3, -0.25) is 0 Å². The summed E-state index contributed by atoms with van der Waals surface area (Å²) in [6.45, 7) is 0.776. The lowest BCUT2D eigenvalue weighted by Crippen LogP contribution is -2.39. The predicted molar refractivity (Wildman–Crippen MR) is 115 cm³/mol. The van der Waals surface area contributed by atoms with Crippen molar-refractivity contribution in [3.8, 4) is 0 Å². The van der Waals surface area contributed by atoms with E-state index in [4.69, 9.17) is 0 Å². The molecule has 1 nitrogen and oxygen atoms in total. The van der Waals surface area contributed by atoms with Crippen LogP contribution in [0.4, 0.5) is 4.39 Å². The Morgan fingerprint density at radius 2 is 1.52 bits per heavy atom. The standard InChI is InChI=1S/C24H24FN.BrH/c25-21-13-10-19(11-14-21)17-26-24-15-12-20-8-4-5-9-22(20)23(24)16-18-6-2-1-3-7-18;/h1-11,13-14,23-24,26H,12,15-17H2;1H/t23-,24+;/m1./s1. The molecule has 4 rings (SSSR count). The Hall–Kier alpha value is -1.97. The summed E-state index contributed by atoms with van der Waals surface area (Å²) in [6, 6.07) is 26.8. The molecule has 1 aliphatic carbocycles. The predicted octanol–water partition coefficient (Wildman–Crippen LogP) is 5.83. The number of nitrogens with one attached hydrogen (secondary N) is 1. The number of hydrogen-bond acceptors (Lipinski definition) is 1. The van der Waals surface area contributed by atoms with Crippen LogP contribution in [0.2, 0.25) is 0 Å². The Bertz CT molecular complexity index is 848. The highest BCUT2D eigenvalue weighted by Gasteiger charge is 2.29. The summed E-state index contributed by atoms with van der Waals surface area (Å²) in [4.78, 5) is 0. The van der Waals surface area contributed by atoms with Crippen LogP contribution in [0.15, 0.2) is 78.9 Å². The molecular formula is C24H25BrFN. The first-order chi connectivity index (χ1) is 12.8. The third-order valence-electron chi connectivity index (χ3n) is 5.45. The molecule has 0 spiro atoms. The molecule has 0 saturated carbocycles. The van der Waals surface area contributed by atoms with Crippen LogP contribution >= 0.6 is 17.0 Å². The van der Waals surface area contributed by atoms with Crippen molar-refractivity contribution in [1.29, 1.82) is 0 Å². The van der Waals surface area contributed by atoms with Crippen molar-refractivity contribution < 1.29 is 4.39 Å². The highest BCUT2D eigenvalue weighted by molar-refractivity contribution is 8.93.